The molecule has 0 saturated heterocycles. The van der Waals surface area contributed by atoms with Crippen LogP contribution in [0.1, 0.15) is 44.9 Å². The zero-order valence-corrected chi connectivity index (χ0v) is 14.8. The predicted octanol–water partition coefficient (Wildman–Crippen LogP) is 3.12. The molecule has 4 nitrogen and oxygen atoms in total. The highest BCUT2D eigenvalue weighted by Crippen LogP contribution is 2.45. The highest BCUT2D eigenvalue weighted by atomic mass is 35.5. The Hall–Kier alpha value is -0.840. The van der Waals surface area contributed by atoms with E-state index in [0.29, 0.717) is 18.4 Å². The lowest BCUT2D eigenvalue weighted by Crippen LogP contribution is -2.45. The zero-order valence-electron chi connectivity index (χ0n) is 14.0. The van der Waals surface area contributed by atoms with Crippen molar-refractivity contribution in [1.82, 2.24) is 5.32 Å². The van der Waals surface area contributed by atoms with Crippen molar-refractivity contribution in [2.75, 3.05) is 20.2 Å². The van der Waals surface area contributed by atoms with E-state index in [4.69, 9.17) is 17.3 Å². The van der Waals surface area contributed by atoms with Crippen LogP contribution < -0.4 is 11.1 Å². The Bertz CT molecular complexity index is 454. The number of halogens is 1. The van der Waals surface area contributed by atoms with Crippen LogP contribution in [0, 0.1) is 11.3 Å². The van der Waals surface area contributed by atoms with Gasteiger partial charge in [-0.15, -0.1) is 0 Å². The van der Waals surface area contributed by atoms with Gasteiger partial charge in [-0.25, -0.2) is 0 Å². The third kappa shape index (κ3) is 5.07. The Morgan fingerprint density at radius 3 is 2.83 bits per heavy atom. The van der Waals surface area contributed by atoms with Crippen LogP contribution in [0.25, 0.3) is 0 Å². The fourth-order valence-corrected chi connectivity index (χ4v) is 4.08. The first kappa shape index (κ1) is 18.5. The molecule has 0 heterocycles. The first-order valence-electron chi connectivity index (χ1n) is 8.64. The molecule has 0 aromatic carbocycles. The average Bonchev–Trinajstić information content (AvgIpc) is 2.59. The number of nitrogens with two attached hydrogens (primary N) is 1. The Kier molecular flexibility index (Phi) is 7.12. The maximum absolute atomic E-state index is 11.1. The fourth-order valence-electron chi connectivity index (χ4n) is 3.83. The van der Waals surface area contributed by atoms with E-state index in [-0.39, 0.29) is 11.4 Å². The lowest BCUT2D eigenvalue weighted by atomic mass is 9.63. The highest BCUT2D eigenvalue weighted by molar-refractivity contribution is 6.31. The summed E-state index contributed by atoms with van der Waals surface area (Å²) in [5, 5.41) is 4.42. The maximum Gasteiger partial charge on any atom is 0.305 e. The number of ether oxygens (including phenoxy) is 1. The molecule has 0 aromatic heterocycles. The molecule has 0 amide bonds. The van der Waals surface area contributed by atoms with Crippen molar-refractivity contribution in [1.29, 1.82) is 0 Å². The molecule has 1 atom stereocenters. The number of hydrogen-bond acceptors (Lipinski definition) is 4. The molecular weight excluding hydrogens is 312 g/mol. The van der Waals surface area contributed by atoms with Crippen molar-refractivity contribution < 1.29 is 9.53 Å². The van der Waals surface area contributed by atoms with Gasteiger partial charge in [-0.05, 0) is 69.0 Å². The molecule has 0 spiro atoms. The van der Waals surface area contributed by atoms with Gasteiger partial charge in [0, 0.05) is 17.5 Å². The van der Waals surface area contributed by atoms with Gasteiger partial charge < -0.3 is 15.8 Å². The smallest absolute Gasteiger partial charge is 0.305 e. The summed E-state index contributed by atoms with van der Waals surface area (Å²) >= 11 is 6.18. The SMILES string of the molecule is COC(=O)CCCN[C@H]1CC[C@](CN)(C2C=C(Cl)C=CC2)CC1. The third-order valence-electron chi connectivity index (χ3n) is 5.42. The van der Waals surface area contributed by atoms with Crippen LogP contribution in [-0.2, 0) is 9.53 Å². The molecule has 2 aliphatic carbocycles. The quantitative estimate of drug-likeness (QED) is 0.552. The van der Waals surface area contributed by atoms with E-state index in [1.54, 1.807) is 0 Å². The molecule has 3 N–H and O–H groups in total. The molecule has 0 radical (unpaired) electrons. The summed E-state index contributed by atoms with van der Waals surface area (Å²) in [6.07, 6.45) is 13.3. The monoisotopic (exact) mass is 340 g/mol. The number of esters is 1. The van der Waals surface area contributed by atoms with E-state index in [1.807, 2.05) is 6.08 Å². The van der Waals surface area contributed by atoms with E-state index in [0.717, 1.165) is 56.6 Å². The molecule has 2 rings (SSSR count). The summed E-state index contributed by atoms with van der Waals surface area (Å²) in [6.45, 7) is 1.59. The van der Waals surface area contributed by atoms with E-state index in [9.17, 15) is 4.79 Å². The molecule has 1 saturated carbocycles. The Morgan fingerprint density at radius 1 is 1.48 bits per heavy atom. The molecule has 2 aliphatic rings. The number of carbonyl (C=O) groups excluding carboxylic acids is 1. The van der Waals surface area contributed by atoms with Crippen molar-refractivity contribution in [3.8, 4) is 0 Å². The van der Waals surface area contributed by atoms with Gasteiger partial charge in [0.05, 0.1) is 7.11 Å². The van der Waals surface area contributed by atoms with Crippen molar-refractivity contribution >= 4 is 17.6 Å². The number of nitrogens with one attached hydrogen (secondary N) is 1. The number of carbonyl (C=O) groups is 1. The van der Waals surface area contributed by atoms with E-state index in [1.165, 1.54) is 7.11 Å². The molecule has 5 heteroatoms. The first-order valence-corrected chi connectivity index (χ1v) is 9.01. The summed E-state index contributed by atoms with van der Waals surface area (Å²) in [4.78, 5) is 11.1. The van der Waals surface area contributed by atoms with Crippen LogP contribution in [0.15, 0.2) is 23.3 Å². The van der Waals surface area contributed by atoms with Crippen molar-refractivity contribution in [2.45, 2.75) is 51.0 Å². The van der Waals surface area contributed by atoms with Gasteiger partial charge in [-0.3, -0.25) is 4.79 Å². The summed E-state index contributed by atoms with van der Waals surface area (Å²) in [5.41, 5.74) is 6.35. The van der Waals surface area contributed by atoms with E-state index >= 15 is 0 Å². The molecule has 0 aromatic rings. The lowest BCUT2D eigenvalue weighted by molar-refractivity contribution is -0.140. The van der Waals surface area contributed by atoms with Crippen LogP contribution in [0.4, 0.5) is 0 Å². The van der Waals surface area contributed by atoms with Crippen LogP contribution >= 0.6 is 11.6 Å². The van der Waals surface area contributed by atoms with Crippen LogP contribution in [0.2, 0.25) is 0 Å². The predicted molar refractivity (Wildman–Crippen MR) is 94.2 cm³/mol. The van der Waals surface area contributed by atoms with Crippen molar-refractivity contribution in [3.05, 3.63) is 23.3 Å². The number of rotatable bonds is 7. The summed E-state index contributed by atoms with van der Waals surface area (Å²) in [7, 11) is 1.43. The molecule has 1 fully saturated rings. The van der Waals surface area contributed by atoms with Gasteiger partial charge in [0.2, 0.25) is 0 Å². The Balaban J connectivity index is 1.77. The van der Waals surface area contributed by atoms with Gasteiger partial charge in [-0.1, -0.05) is 23.8 Å². The number of methoxy groups -OCH3 is 1. The summed E-state index contributed by atoms with van der Waals surface area (Å²) < 4.78 is 4.66. The lowest BCUT2D eigenvalue weighted by Gasteiger charge is -2.44. The number of allylic oxidation sites excluding steroid dienone is 4. The minimum Gasteiger partial charge on any atom is -0.469 e. The van der Waals surface area contributed by atoms with Gasteiger partial charge >= 0.3 is 5.97 Å². The van der Waals surface area contributed by atoms with Crippen LogP contribution in [0.3, 0.4) is 0 Å². The standard InChI is InChI=1S/C18H29ClN2O2/c1-23-17(22)6-3-11-21-16-7-9-18(13-20,10-8-16)14-4-2-5-15(19)12-14/h2,5,12,14,16,21H,3-4,6-11,13,20H2,1H3/t14?,16-,18-. The minimum absolute atomic E-state index is 0.133. The van der Waals surface area contributed by atoms with E-state index < -0.39 is 0 Å². The van der Waals surface area contributed by atoms with Crippen LogP contribution in [0.5, 0.6) is 0 Å². The number of hydrogen-bond donors (Lipinski definition) is 2. The first-order chi connectivity index (χ1) is 11.1. The molecule has 1 unspecified atom stereocenters. The second kappa shape index (κ2) is 8.86. The zero-order chi connectivity index (χ0) is 16.7. The van der Waals surface area contributed by atoms with Crippen molar-refractivity contribution in [2.24, 2.45) is 17.1 Å². The molecular formula is C18H29ClN2O2. The second-order valence-electron chi connectivity index (χ2n) is 6.77. The van der Waals surface area contributed by atoms with Crippen molar-refractivity contribution in [3.63, 3.8) is 0 Å². The minimum atomic E-state index is -0.133. The third-order valence-corrected chi connectivity index (χ3v) is 5.67. The Morgan fingerprint density at radius 2 is 2.22 bits per heavy atom. The topological polar surface area (TPSA) is 64.3 Å². The molecule has 0 aliphatic heterocycles. The normalized spacial score (nSPS) is 30.8. The Labute approximate surface area is 144 Å². The van der Waals surface area contributed by atoms with Gasteiger partial charge in [0.25, 0.3) is 0 Å². The summed E-state index contributed by atoms with van der Waals surface area (Å²) in [5.74, 6) is 0.330. The molecule has 23 heavy (non-hydrogen) atoms. The fraction of sp³-hybridized carbons (Fsp3) is 0.722. The van der Waals surface area contributed by atoms with Gasteiger partial charge in [0.15, 0.2) is 0 Å². The van der Waals surface area contributed by atoms with Crippen LogP contribution in [-0.4, -0.2) is 32.2 Å². The largest absolute Gasteiger partial charge is 0.469 e. The molecule has 130 valence electrons. The molecule has 0 bridgehead atoms. The highest BCUT2D eigenvalue weighted by Gasteiger charge is 2.39. The summed E-state index contributed by atoms with van der Waals surface area (Å²) in [6, 6.07) is 0.533. The van der Waals surface area contributed by atoms with Gasteiger partial charge in [-0.2, -0.15) is 0 Å². The second-order valence-corrected chi connectivity index (χ2v) is 7.21. The average molecular weight is 341 g/mol. The van der Waals surface area contributed by atoms with E-state index in [2.05, 4.69) is 22.2 Å². The van der Waals surface area contributed by atoms with Gasteiger partial charge in [0.1, 0.15) is 0 Å². The maximum atomic E-state index is 11.1.